The highest BCUT2D eigenvalue weighted by molar-refractivity contribution is 5.73. The Bertz CT molecular complexity index is 416. The number of carbonyl (C=O) groups excluding carboxylic acids is 2. The monoisotopic (exact) mass is 278 g/mol. The van der Waals surface area contributed by atoms with Crippen molar-refractivity contribution in [3.8, 4) is 0 Å². The van der Waals surface area contributed by atoms with Gasteiger partial charge in [-0.05, 0) is 55.6 Å². The third-order valence-corrected chi connectivity index (χ3v) is 4.25. The second-order valence-corrected chi connectivity index (χ2v) is 6.27. The van der Waals surface area contributed by atoms with Gasteiger partial charge in [0.05, 0.1) is 0 Å². The summed E-state index contributed by atoms with van der Waals surface area (Å²) in [7, 11) is 0. The molecule has 0 unspecified atom stereocenters. The summed E-state index contributed by atoms with van der Waals surface area (Å²) in [5, 5.41) is 0. The molecule has 0 aromatic carbocycles. The van der Waals surface area contributed by atoms with E-state index < -0.39 is 0 Å². The van der Waals surface area contributed by atoms with Crippen LogP contribution in [0.5, 0.6) is 0 Å². The second kappa shape index (κ2) is 7.41. The van der Waals surface area contributed by atoms with Crippen LogP contribution < -0.4 is 0 Å². The molecule has 0 saturated carbocycles. The van der Waals surface area contributed by atoms with Crippen LogP contribution in [-0.2, 0) is 14.3 Å². The van der Waals surface area contributed by atoms with E-state index in [2.05, 4.69) is 26.8 Å². The van der Waals surface area contributed by atoms with Gasteiger partial charge in [0, 0.05) is 6.92 Å². The third kappa shape index (κ3) is 4.95. The van der Waals surface area contributed by atoms with Crippen molar-refractivity contribution in [2.75, 3.05) is 6.61 Å². The van der Waals surface area contributed by atoms with Gasteiger partial charge in [0.15, 0.2) is 0 Å². The minimum absolute atomic E-state index is 0.187. The van der Waals surface area contributed by atoms with Crippen molar-refractivity contribution in [3.63, 3.8) is 0 Å². The van der Waals surface area contributed by atoms with Gasteiger partial charge in [-0.15, -0.1) is 0 Å². The maximum absolute atomic E-state index is 11.1. The average molecular weight is 278 g/mol. The molecule has 0 radical (unpaired) electrons. The Hall–Kier alpha value is -1.38. The summed E-state index contributed by atoms with van der Waals surface area (Å²) >= 11 is 0. The Morgan fingerprint density at radius 3 is 2.75 bits per heavy atom. The molecule has 0 fully saturated rings. The van der Waals surface area contributed by atoms with Crippen LogP contribution in [0.1, 0.15) is 53.4 Å². The number of hydrogen-bond acceptors (Lipinski definition) is 3. The molecule has 0 amide bonds. The summed E-state index contributed by atoms with van der Waals surface area (Å²) in [6.07, 6.45) is 8.96. The molecule has 0 N–H and O–H groups in total. The summed E-state index contributed by atoms with van der Waals surface area (Å²) < 4.78 is 4.84. The van der Waals surface area contributed by atoms with Crippen molar-refractivity contribution in [1.82, 2.24) is 0 Å². The highest BCUT2D eigenvalue weighted by Crippen LogP contribution is 2.43. The summed E-state index contributed by atoms with van der Waals surface area (Å²) in [6.45, 7) is 8.35. The van der Waals surface area contributed by atoms with Crippen molar-refractivity contribution in [2.45, 2.75) is 53.4 Å². The van der Waals surface area contributed by atoms with Crippen LogP contribution in [0.2, 0.25) is 0 Å². The maximum atomic E-state index is 11.1. The van der Waals surface area contributed by atoms with Gasteiger partial charge in [0.2, 0.25) is 0 Å². The first-order chi connectivity index (χ1) is 9.36. The summed E-state index contributed by atoms with van der Waals surface area (Å²) in [5.74, 6) is 0.201. The van der Waals surface area contributed by atoms with Crippen LogP contribution in [0.3, 0.4) is 0 Å². The highest BCUT2D eigenvalue weighted by Gasteiger charge is 2.32. The largest absolute Gasteiger partial charge is 0.462 e. The predicted octanol–water partition coefficient (Wildman–Crippen LogP) is 3.84. The fraction of sp³-hybridized carbons (Fsp3) is 0.647. The third-order valence-electron chi connectivity index (χ3n) is 4.25. The smallest absolute Gasteiger partial charge is 0.302 e. The van der Waals surface area contributed by atoms with E-state index in [1.165, 1.54) is 18.9 Å². The van der Waals surface area contributed by atoms with Crippen LogP contribution in [0.25, 0.3) is 0 Å². The molecule has 0 aliphatic heterocycles. The molecule has 0 aromatic rings. The van der Waals surface area contributed by atoms with Crippen LogP contribution in [0, 0.1) is 11.3 Å². The molecule has 0 bridgehead atoms. The predicted molar refractivity (Wildman–Crippen MR) is 80.3 cm³/mol. The molecule has 3 heteroatoms. The van der Waals surface area contributed by atoms with E-state index in [9.17, 15) is 9.59 Å². The van der Waals surface area contributed by atoms with E-state index in [-0.39, 0.29) is 12.6 Å². The lowest BCUT2D eigenvalue weighted by Crippen LogP contribution is -2.28. The van der Waals surface area contributed by atoms with Gasteiger partial charge in [-0.3, -0.25) is 9.59 Å². The molecule has 0 aromatic heterocycles. The van der Waals surface area contributed by atoms with Crippen LogP contribution in [-0.4, -0.2) is 18.9 Å². The molecule has 0 heterocycles. The number of hydrogen-bond donors (Lipinski definition) is 0. The van der Waals surface area contributed by atoms with E-state index in [0.717, 1.165) is 31.1 Å². The first kappa shape index (κ1) is 16.7. The number of ether oxygens (including phenoxy) is 1. The Balaban J connectivity index is 2.59. The maximum Gasteiger partial charge on any atom is 0.302 e. The van der Waals surface area contributed by atoms with Crippen LogP contribution in [0.15, 0.2) is 23.3 Å². The highest BCUT2D eigenvalue weighted by atomic mass is 16.5. The molecule has 1 atom stereocenters. The molecular formula is C17H26O3. The number of carbonyl (C=O) groups is 2. The van der Waals surface area contributed by atoms with Crippen molar-refractivity contribution in [3.05, 3.63) is 23.3 Å². The zero-order valence-electron chi connectivity index (χ0n) is 13.1. The molecule has 1 aliphatic rings. The first-order valence-electron chi connectivity index (χ1n) is 7.31. The van der Waals surface area contributed by atoms with Crippen molar-refractivity contribution in [1.29, 1.82) is 0 Å². The Morgan fingerprint density at radius 1 is 1.50 bits per heavy atom. The Kier molecular flexibility index (Phi) is 6.18. The van der Waals surface area contributed by atoms with Gasteiger partial charge >= 0.3 is 5.97 Å². The molecule has 20 heavy (non-hydrogen) atoms. The fourth-order valence-corrected chi connectivity index (χ4v) is 3.01. The molecule has 0 spiro atoms. The zero-order chi connectivity index (χ0) is 15.2. The molecule has 0 saturated heterocycles. The van der Waals surface area contributed by atoms with E-state index in [1.54, 1.807) is 6.08 Å². The number of aldehydes is 1. The Morgan fingerprint density at radius 2 is 2.20 bits per heavy atom. The SMILES string of the molecule is CC(=O)OC/C=C(/C=O)CC[C@@H]1C(C)=CCCC1(C)C. The van der Waals surface area contributed by atoms with Gasteiger partial charge in [0.25, 0.3) is 0 Å². The van der Waals surface area contributed by atoms with Crippen molar-refractivity contribution in [2.24, 2.45) is 11.3 Å². The quantitative estimate of drug-likeness (QED) is 0.321. The van der Waals surface area contributed by atoms with Gasteiger partial charge in [0.1, 0.15) is 12.9 Å². The van der Waals surface area contributed by atoms with Gasteiger partial charge in [-0.2, -0.15) is 0 Å². The van der Waals surface area contributed by atoms with E-state index in [1.807, 2.05) is 0 Å². The molecule has 1 aliphatic carbocycles. The Labute approximate surface area is 122 Å². The lowest BCUT2D eigenvalue weighted by Gasteiger charge is -2.38. The normalized spacial score (nSPS) is 22.1. The summed E-state index contributed by atoms with van der Waals surface area (Å²) in [5.41, 5.74) is 2.45. The summed E-state index contributed by atoms with van der Waals surface area (Å²) in [4.78, 5) is 21.8. The van der Waals surface area contributed by atoms with Gasteiger partial charge < -0.3 is 4.74 Å². The van der Waals surface area contributed by atoms with Crippen molar-refractivity contribution < 1.29 is 14.3 Å². The lowest BCUT2D eigenvalue weighted by atomic mass is 9.67. The summed E-state index contributed by atoms with van der Waals surface area (Å²) in [6, 6.07) is 0. The standard InChI is InChI=1S/C17H26O3/c1-13-6-5-10-17(3,4)16(13)8-7-15(12-18)9-11-20-14(2)19/h6,9,12,16H,5,7-8,10-11H2,1-4H3/b15-9+/t16-/m1/s1. The number of allylic oxidation sites excluding steroid dienone is 3. The average Bonchev–Trinajstić information content (AvgIpc) is 2.34. The van der Waals surface area contributed by atoms with Gasteiger partial charge in [-0.1, -0.05) is 25.5 Å². The van der Waals surface area contributed by atoms with Gasteiger partial charge in [-0.25, -0.2) is 0 Å². The zero-order valence-corrected chi connectivity index (χ0v) is 13.1. The second-order valence-electron chi connectivity index (χ2n) is 6.27. The molecule has 3 nitrogen and oxygen atoms in total. The number of rotatable bonds is 6. The first-order valence-corrected chi connectivity index (χ1v) is 7.31. The molecule has 1 rings (SSSR count). The number of esters is 1. The van der Waals surface area contributed by atoms with Crippen molar-refractivity contribution >= 4 is 12.3 Å². The van der Waals surface area contributed by atoms with Crippen LogP contribution in [0.4, 0.5) is 0 Å². The molecule has 112 valence electrons. The minimum Gasteiger partial charge on any atom is -0.462 e. The van der Waals surface area contributed by atoms with E-state index >= 15 is 0 Å². The van der Waals surface area contributed by atoms with E-state index in [4.69, 9.17) is 4.74 Å². The fourth-order valence-electron chi connectivity index (χ4n) is 3.01. The van der Waals surface area contributed by atoms with Crippen LogP contribution >= 0.6 is 0 Å². The topological polar surface area (TPSA) is 43.4 Å². The van der Waals surface area contributed by atoms with E-state index in [0.29, 0.717) is 11.3 Å². The minimum atomic E-state index is -0.321. The molecular weight excluding hydrogens is 252 g/mol. The lowest BCUT2D eigenvalue weighted by molar-refractivity contribution is -0.139.